The highest BCUT2D eigenvalue weighted by Gasteiger charge is 2.16. The zero-order valence-electron chi connectivity index (χ0n) is 12.0. The molecule has 0 radical (unpaired) electrons. The topological polar surface area (TPSA) is 17.8 Å². The second-order valence-electron chi connectivity index (χ2n) is 5.57. The van der Waals surface area contributed by atoms with Gasteiger partial charge in [-0.2, -0.15) is 0 Å². The van der Waals surface area contributed by atoms with Gasteiger partial charge in [-0.1, -0.05) is 36.4 Å². The smallest absolute Gasteiger partial charge is 0.141 e. The van der Waals surface area contributed by atoms with Crippen molar-refractivity contribution in [3.8, 4) is 5.69 Å². The Balaban J connectivity index is 1.99. The number of fused-ring (bicyclic) bond motifs is 1. The van der Waals surface area contributed by atoms with Gasteiger partial charge in [-0.25, -0.2) is 4.98 Å². The van der Waals surface area contributed by atoms with Crippen molar-refractivity contribution in [2.75, 3.05) is 0 Å². The highest BCUT2D eigenvalue weighted by atomic mass is 15.1. The van der Waals surface area contributed by atoms with E-state index in [1.165, 1.54) is 36.0 Å². The van der Waals surface area contributed by atoms with Crippen LogP contribution in [0.5, 0.6) is 0 Å². The van der Waals surface area contributed by atoms with Crippen molar-refractivity contribution in [2.24, 2.45) is 0 Å². The highest BCUT2D eigenvalue weighted by molar-refractivity contribution is 5.82. The van der Waals surface area contributed by atoms with Crippen LogP contribution >= 0.6 is 0 Å². The SMILES string of the molecule is C1=C(c2nc3ccccc3n2-c2ccccc2)CCCC1. The van der Waals surface area contributed by atoms with E-state index in [-0.39, 0.29) is 0 Å². The van der Waals surface area contributed by atoms with Crippen LogP contribution in [-0.2, 0) is 0 Å². The van der Waals surface area contributed by atoms with Crippen molar-refractivity contribution in [3.63, 3.8) is 0 Å². The number of aromatic nitrogens is 2. The van der Waals surface area contributed by atoms with Crippen LogP contribution in [0, 0.1) is 0 Å². The van der Waals surface area contributed by atoms with E-state index in [0.29, 0.717) is 0 Å². The first-order valence-corrected chi connectivity index (χ1v) is 7.66. The second kappa shape index (κ2) is 5.21. The van der Waals surface area contributed by atoms with E-state index < -0.39 is 0 Å². The minimum absolute atomic E-state index is 1.07. The van der Waals surface area contributed by atoms with Crippen molar-refractivity contribution in [1.29, 1.82) is 0 Å². The number of rotatable bonds is 2. The maximum Gasteiger partial charge on any atom is 0.141 e. The van der Waals surface area contributed by atoms with Gasteiger partial charge in [0.15, 0.2) is 0 Å². The molecule has 0 bridgehead atoms. The summed E-state index contributed by atoms with van der Waals surface area (Å²) in [5, 5.41) is 0. The van der Waals surface area contributed by atoms with Crippen LogP contribution in [0.1, 0.15) is 31.5 Å². The van der Waals surface area contributed by atoms with Crippen molar-refractivity contribution >= 4 is 16.6 Å². The third kappa shape index (κ3) is 2.17. The van der Waals surface area contributed by atoms with Crippen molar-refractivity contribution < 1.29 is 0 Å². The molecule has 21 heavy (non-hydrogen) atoms. The molecule has 1 aromatic heterocycles. The molecule has 2 heteroatoms. The van der Waals surface area contributed by atoms with E-state index in [4.69, 9.17) is 4.98 Å². The van der Waals surface area contributed by atoms with E-state index >= 15 is 0 Å². The lowest BCUT2D eigenvalue weighted by Crippen LogP contribution is -2.02. The summed E-state index contributed by atoms with van der Waals surface area (Å²) in [6.45, 7) is 0. The summed E-state index contributed by atoms with van der Waals surface area (Å²) in [6.07, 6.45) is 7.24. The van der Waals surface area contributed by atoms with Crippen molar-refractivity contribution in [3.05, 3.63) is 66.5 Å². The van der Waals surface area contributed by atoms with Crippen LogP contribution in [0.3, 0.4) is 0 Å². The summed E-state index contributed by atoms with van der Waals surface area (Å²) >= 11 is 0. The fourth-order valence-electron chi connectivity index (χ4n) is 3.12. The van der Waals surface area contributed by atoms with Gasteiger partial charge in [-0.3, -0.25) is 4.57 Å². The predicted molar refractivity (Wildman–Crippen MR) is 87.5 cm³/mol. The first kappa shape index (κ1) is 12.4. The Labute approximate surface area is 124 Å². The molecule has 0 saturated carbocycles. The lowest BCUT2D eigenvalue weighted by Gasteiger charge is -2.15. The molecule has 1 aliphatic carbocycles. The molecule has 4 rings (SSSR count). The molecule has 1 aliphatic rings. The summed E-state index contributed by atoms with van der Waals surface area (Å²) < 4.78 is 2.30. The summed E-state index contributed by atoms with van der Waals surface area (Å²) in [4.78, 5) is 4.91. The molecule has 0 fully saturated rings. The normalized spacial score (nSPS) is 15.1. The van der Waals surface area contributed by atoms with Crippen LogP contribution in [-0.4, -0.2) is 9.55 Å². The summed E-state index contributed by atoms with van der Waals surface area (Å²) in [5.74, 6) is 1.11. The highest BCUT2D eigenvalue weighted by Crippen LogP contribution is 2.31. The van der Waals surface area contributed by atoms with Gasteiger partial charge in [-0.05, 0) is 55.5 Å². The first-order valence-electron chi connectivity index (χ1n) is 7.66. The average Bonchev–Trinajstić information content (AvgIpc) is 2.96. The fraction of sp³-hybridized carbons (Fsp3) is 0.211. The lowest BCUT2D eigenvalue weighted by molar-refractivity contribution is 0.735. The van der Waals surface area contributed by atoms with Gasteiger partial charge in [0.1, 0.15) is 5.82 Å². The molecule has 0 spiro atoms. The second-order valence-corrected chi connectivity index (χ2v) is 5.57. The average molecular weight is 274 g/mol. The number of hydrogen-bond donors (Lipinski definition) is 0. The van der Waals surface area contributed by atoms with E-state index in [1.807, 2.05) is 0 Å². The molecule has 0 saturated heterocycles. The van der Waals surface area contributed by atoms with E-state index in [1.54, 1.807) is 0 Å². The molecule has 1 heterocycles. The van der Waals surface area contributed by atoms with Crippen LogP contribution in [0.15, 0.2) is 60.7 Å². The molecule has 0 atom stereocenters. The predicted octanol–water partition coefficient (Wildman–Crippen LogP) is 4.98. The fourth-order valence-corrected chi connectivity index (χ4v) is 3.12. The van der Waals surface area contributed by atoms with Crippen molar-refractivity contribution in [2.45, 2.75) is 25.7 Å². The van der Waals surface area contributed by atoms with Crippen LogP contribution < -0.4 is 0 Å². The molecule has 0 unspecified atom stereocenters. The largest absolute Gasteiger partial charge is 0.293 e. The number of imidazole rings is 1. The Morgan fingerprint density at radius 1 is 0.857 bits per heavy atom. The number of para-hydroxylation sites is 3. The maximum absolute atomic E-state index is 4.91. The number of benzene rings is 2. The lowest BCUT2D eigenvalue weighted by atomic mass is 9.99. The Morgan fingerprint density at radius 2 is 1.67 bits per heavy atom. The standard InChI is InChI=1S/C19H18N2/c1-3-9-15(10-4-1)19-20-17-13-7-8-14-18(17)21(19)16-11-5-2-6-12-16/h2,5-9,11-14H,1,3-4,10H2. The van der Waals surface area contributed by atoms with Crippen LogP contribution in [0.2, 0.25) is 0 Å². The number of nitrogens with zero attached hydrogens (tertiary/aromatic N) is 2. The molecular weight excluding hydrogens is 256 g/mol. The van der Waals surface area contributed by atoms with Gasteiger partial charge >= 0.3 is 0 Å². The zero-order valence-corrected chi connectivity index (χ0v) is 12.0. The molecule has 0 aliphatic heterocycles. The molecule has 0 N–H and O–H groups in total. The molecule has 104 valence electrons. The molecular formula is C19H18N2. The molecule has 3 aromatic rings. The summed E-state index contributed by atoms with van der Waals surface area (Å²) in [5.41, 5.74) is 4.84. The van der Waals surface area contributed by atoms with Gasteiger partial charge in [0.25, 0.3) is 0 Å². The summed E-state index contributed by atoms with van der Waals surface area (Å²) in [6, 6.07) is 18.9. The zero-order chi connectivity index (χ0) is 14.1. The van der Waals surface area contributed by atoms with Gasteiger partial charge in [0, 0.05) is 5.69 Å². The first-order chi connectivity index (χ1) is 10.4. The Bertz CT molecular complexity index is 797. The van der Waals surface area contributed by atoms with Crippen molar-refractivity contribution in [1.82, 2.24) is 9.55 Å². The van der Waals surface area contributed by atoms with E-state index in [9.17, 15) is 0 Å². The minimum Gasteiger partial charge on any atom is -0.293 e. The van der Waals surface area contributed by atoms with Crippen LogP contribution in [0.25, 0.3) is 22.3 Å². The Morgan fingerprint density at radius 3 is 2.48 bits per heavy atom. The molecule has 2 aromatic carbocycles. The molecule has 0 amide bonds. The Kier molecular flexibility index (Phi) is 3.07. The van der Waals surface area contributed by atoms with E-state index in [2.05, 4.69) is 65.2 Å². The molecule has 2 nitrogen and oxygen atoms in total. The quantitative estimate of drug-likeness (QED) is 0.644. The van der Waals surface area contributed by atoms with Gasteiger partial charge in [-0.15, -0.1) is 0 Å². The summed E-state index contributed by atoms with van der Waals surface area (Å²) in [7, 11) is 0. The Hall–Kier alpha value is -2.35. The maximum atomic E-state index is 4.91. The third-order valence-electron chi connectivity index (χ3n) is 4.15. The monoisotopic (exact) mass is 274 g/mol. The minimum atomic E-state index is 1.07. The number of hydrogen-bond acceptors (Lipinski definition) is 1. The van der Waals surface area contributed by atoms with Crippen LogP contribution in [0.4, 0.5) is 0 Å². The van der Waals surface area contributed by atoms with Gasteiger partial charge in [0.05, 0.1) is 11.0 Å². The van der Waals surface area contributed by atoms with Gasteiger partial charge in [0.2, 0.25) is 0 Å². The van der Waals surface area contributed by atoms with E-state index in [0.717, 1.165) is 17.8 Å². The third-order valence-corrected chi connectivity index (χ3v) is 4.15. The van der Waals surface area contributed by atoms with Gasteiger partial charge < -0.3 is 0 Å². The number of allylic oxidation sites excluding steroid dienone is 2.